The predicted octanol–water partition coefficient (Wildman–Crippen LogP) is 2.32. The molecule has 1 rings (SSSR count). The van der Waals surface area contributed by atoms with Gasteiger partial charge < -0.3 is 11.1 Å². The summed E-state index contributed by atoms with van der Waals surface area (Å²) in [5.41, 5.74) is 8.17. The Kier molecular flexibility index (Phi) is 3.51. The molecule has 0 aromatic heterocycles. The van der Waals surface area contributed by atoms with Gasteiger partial charge in [-0.3, -0.25) is 4.79 Å². The highest BCUT2D eigenvalue weighted by molar-refractivity contribution is 5.93. The van der Waals surface area contributed by atoms with Crippen LogP contribution in [0.1, 0.15) is 25.3 Å². The second kappa shape index (κ2) is 4.65. The second-order valence-corrected chi connectivity index (χ2v) is 3.39. The number of hydrogen-bond acceptors (Lipinski definition) is 2. The molecule has 0 aliphatic carbocycles. The van der Waals surface area contributed by atoms with Crippen molar-refractivity contribution in [3.63, 3.8) is 0 Å². The lowest BCUT2D eigenvalue weighted by atomic mass is 10.2. The Morgan fingerprint density at radius 3 is 2.79 bits per heavy atom. The number of amides is 1. The van der Waals surface area contributed by atoms with Crippen LogP contribution in [-0.2, 0) is 4.79 Å². The Morgan fingerprint density at radius 1 is 1.50 bits per heavy atom. The molecule has 1 aromatic carbocycles. The summed E-state index contributed by atoms with van der Waals surface area (Å²) in [6, 6.07) is 5.61. The minimum atomic E-state index is 0.0167. The molecule has 0 radical (unpaired) electrons. The average molecular weight is 192 g/mol. The third-order valence-electron chi connectivity index (χ3n) is 1.96. The van der Waals surface area contributed by atoms with Crippen LogP contribution < -0.4 is 11.1 Å². The first-order valence-electron chi connectivity index (χ1n) is 4.79. The van der Waals surface area contributed by atoms with E-state index < -0.39 is 0 Å². The number of carbonyl (C=O) groups is 1. The number of benzene rings is 1. The molecule has 3 N–H and O–H groups in total. The first-order chi connectivity index (χ1) is 6.63. The zero-order valence-electron chi connectivity index (χ0n) is 8.63. The number of carbonyl (C=O) groups excluding carboxylic acids is 1. The van der Waals surface area contributed by atoms with Gasteiger partial charge in [0.15, 0.2) is 0 Å². The maximum atomic E-state index is 11.3. The van der Waals surface area contributed by atoms with Crippen molar-refractivity contribution >= 4 is 17.3 Å². The number of nitrogens with two attached hydrogens (primary N) is 1. The lowest BCUT2D eigenvalue weighted by molar-refractivity contribution is -0.116. The average Bonchev–Trinajstić information content (AvgIpc) is 2.10. The first-order valence-corrected chi connectivity index (χ1v) is 4.79. The van der Waals surface area contributed by atoms with Gasteiger partial charge in [-0.1, -0.05) is 13.0 Å². The van der Waals surface area contributed by atoms with Crippen molar-refractivity contribution < 1.29 is 4.79 Å². The van der Waals surface area contributed by atoms with Gasteiger partial charge >= 0.3 is 0 Å². The molecule has 76 valence electrons. The molecule has 3 nitrogen and oxygen atoms in total. The molecule has 0 fully saturated rings. The summed E-state index contributed by atoms with van der Waals surface area (Å²) in [7, 11) is 0. The van der Waals surface area contributed by atoms with Gasteiger partial charge in [0, 0.05) is 6.42 Å². The highest BCUT2D eigenvalue weighted by Crippen LogP contribution is 2.19. The molecule has 0 unspecified atom stereocenters. The summed E-state index contributed by atoms with van der Waals surface area (Å²) in [5, 5.41) is 2.77. The van der Waals surface area contributed by atoms with Crippen LogP contribution in [0.3, 0.4) is 0 Å². The zero-order valence-corrected chi connectivity index (χ0v) is 8.63. The van der Waals surface area contributed by atoms with Gasteiger partial charge in [0.1, 0.15) is 0 Å². The van der Waals surface area contributed by atoms with Crippen molar-refractivity contribution in [1.29, 1.82) is 0 Å². The molecular weight excluding hydrogens is 176 g/mol. The van der Waals surface area contributed by atoms with Crippen LogP contribution >= 0.6 is 0 Å². The molecule has 0 saturated carbocycles. The minimum absolute atomic E-state index is 0.0167. The SMILES string of the molecule is CCCC(=O)Nc1ccc(C)cc1N. The third kappa shape index (κ3) is 2.76. The molecule has 0 heterocycles. The van der Waals surface area contributed by atoms with Gasteiger partial charge in [-0.05, 0) is 31.0 Å². The van der Waals surface area contributed by atoms with Crippen molar-refractivity contribution in [3.8, 4) is 0 Å². The third-order valence-corrected chi connectivity index (χ3v) is 1.96. The Balaban J connectivity index is 2.72. The van der Waals surface area contributed by atoms with E-state index in [-0.39, 0.29) is 5.91 Å². The van der Waals surface area contributed by atoms with Crippen molar-refractivity contribution in [2.45, 2.75) is 26.7 Å². The van der Waals surface area contributed by atoms with E-state index in [1.807, 2.05) is 32.0 Å². The number of aryl methyl sites for hydroxylation is 1. The zero-order chi connectivity index (χ0) is 10.6. The molecule has 1 aromatic rings. The Bertz CT molecular complexity index is 334. The van der Waals surface area contributed by atoms with Crippen LogP contribution in [0.2, 0.25) is 0 Å². The van der Waals surface area contributed by atoms with E-state index in [0.717, 1.165) is 12.0 Å². The van der Waals surface area contributed by atoms with Crippen molar-refractivity contribution in [2.24, 2.45) is 0 Å². The van der Waals surface area contributed by atoms with Crippen molar-refractivity contribution in [3.05, 3.63) is 23.8 Å². The highest BCUT2D eigenvalue weighted by Gasteiger charge is 2.03. The van der Waals surface area contributed by atoms with Crippen LogP contribution in [-0.4, -0.2) is 5.91 Å². The summed E-state index contributed by atoms with van der Waals surface area (Å²) >= 11 is 0. The normalized spacial score (nSPS) is 9.86. The maximum Gasteiger partial charge on any atom is 0.224 e. The van der Waals surface area contributed by atoms with E-state index in [1.54, 1.807) is 0 Å². The lowest BCUT2D eigenvalue weighted by Gasteiger charge is -2.07. The van der Waals surface area contributed by atoms with E-state index in [4.69, 9.17) is 5.73 Å². The Labute approximate surface area is 84.3 Å². The Hall–Kier alpha value is -1.51. The fourth-order valence-corrected chi connectivity index (χ4v) is 1.24. The van der Waals surface area contributed by atoms with Gasteiger partial charge in [0.05, 0.1) is 11.4 Å². The van der Waals surface area contributed by atoms with Crippen LogP contribution in [0.25, 0.3) is 0 Å². The van der Waals surface area contributed by atoms with Crippen LogP contribution in [0.15, 0.2) is 18.2 Å². The van der Waals surface area contributed by atoms with Crippen LogP contribution in [0, 0.1) is 6.92 Å². The molecule has 0 atom stereocenters. The topological polar surface area (TPSA) is 55.1 Å². The molecular formula is C11H16N2O. The highest BCUT2D eigenvalue weighted by atomic mass is 16.1. The lowest BCUT2D eigenvalue weighted by Crippen LogP contribution is -2.12. The summed E-state index contributed by atoms with van der Waals surface area (Å²) in [4.78, 5) is 11.3. The van der Waals surface area contributed by atoms with Crippen molar-refractivity contribution in [2.75, 3.05) is 11.1 Å². The molecule has 0 spiro atoms. The molecule has 0 aliphatic heterocycles. The molecule has 3 heteroatoms. The summed E-state index contributed by atoms with van der Waals surface area (Å²) < 4.78 is 0. The predicted molar refractivity (Wildman–Crippen MR) is 59.1 cm³/mol. The van der Waals surface area contributed by atoms with Crippen molar-refractivity contribution in [1.82, 2.24) is 0 Å². The summed E-state index contributed by atoms with van der Waals surface area (Å²) in [5.74, 6) is 0.0167. The summed E-state index contributed by atoms with van der Waals surface area (Å²) in [6.07, 6.45) is 1.38. The molecule has 14 heavy (non-hydrogen) atoms. The van der Waals surface area contributed by atoms with Gasteiger partial charge in [-0.25, -0.2) is 0 Å². The number of nitrogen functional groups attached to an aromatic ring is 1. The molecule has 1 amide bonds. The van der Waals surface area contributed by atoms with Gasteiger partial charge in [0.2, 0.25) is 5.91 Å². The number of nitrogens with one attached hydrogen (secondary N) is 1. The summed E-state index contributed by atoms with van der Waals surface area (Å²) in [6.45, 7) is 3.94. The first kappa shape index (κ1) is 10.6. The second-order valence-electron chi connectivity index (χ2n) is 3.39. The number of hydrogen-bond donors (Lipinski definition) is 2. The van der Waals surface area contributed by atoms with E-state index in [2.05, 4.69) is 5.32 Å². The van der Waals surface area contributed by atoms with Crippen LogP contribution in [0.4, 0.5) is 11.4 Å². The Morgan fingerprint density at radius 2 is 2.21 bits per heavy atom. The maximum absolute atomic E-state index is 11.3. The van der Waals surface area contributed by atoms with E-state index in [1.165, 1.54) is 0 Å². The van der Waals surface area contributed by atoms with Gasteiger partial charge in [0.25, 0.3) is 0 Å². The minimum Gasteiger partial charge on any atom is -0.397 e. The monoisotopic (exact) mass is 192 g/mol. The molecule has 0 aliphatic rings. The smallest absolute Gasteiger partial charge is 0.224 e. The fraction of sp³-hybridized carbons (Fsp3) is 0.364. The number of anilines is 2. The van der Waals surface area contributed by atoms with E-state index >= 15 is 0 Å². The largest absolute Gasteiger partial charge is 0.397 e. The fourth-order valence-electron chi connectivity index (χ4n) is 1.24. The molecule has 0 bridgehead atoms. The standard InChI is InChI=1S/C11H16N2O/c1-3-4-11(14)13-10-6-5-8(2)7-9(10)12/h5-7H,3-4,12H2,1-2H3,(H,13,14). The van der Waals surface area contributed by atoms with Gasteiger partial charge in [-0.15, -0.1) is 0 Å². The van der Waals surface area contributed by atoms with E-state index in [0.29, 0.717) is 17.8 Å². The van der Waals surface area contributed by atoms with E-state index in [9.17, 15) is 4.79 Å². The quantitative estimate of drug-likeness (QED) is 0.722. The van der Waals surface area contributed by atoms with Crippen LogP contribution in [0.5, 0.6) is 0 Å². The number of rotatable bonds is 3. The molecule has 0 saturated heterocycles. The van der Waals surface area contributed by atoms with Gasteiger partial charge in [-0.2, -0.15) is 0 Å².